The van der Waals surface area contributed by atoms with E-state index in [9.17, 15) is 4.79 Å². The minimum Gasteiger partial charge on any atom is -0.267 e. The molecule has 1 aromatic rings. The van der Waals surface area contributed by atoms with Crippen LogP contribution in [0.2, 0.25) is 0 Å². The van der Waals surface area contributed by atoms with Crippen molar-refractivity contribution in [2.45, 2.75) is 19.3 Å². The predicted octanol–water partition coefficient (Wildman–Crippen LogP) is 0.958. The first-order chi connectivity index (χ1) is 5.25. The number of H-pyrrole nitrogens is 1. The van der Waals surface area contributed by atoms with Crippen LogP contribution in [0.15, 0.2) is 4.79 Å². The SMILES string of the molecule is C#CCC(C)c1ns[nH]c1=O. The van der Waals surface area contributed by atoms with Crippen molar-refractivity contribution in [2.75, 3.05) is 0 Å². The Hall–Kier alpha value is -1.08. The van der Waals surface area contributed by atoms with Gasteiger partial charge in [0, 0.05) is 24.1 Å². The molecule has 0 aliphatic rings. The number of rotatable bonds is 2. The molecule has 0 amide bonds. The first kappa shape index (κ1) is 8.02. The molecule has 1 atom stereocenters. The highest BCUT2D eigenvalue weighted by Gasteiger charge is 2.10. The summed E-state index contributed by atoms with van der Waals surface area (Å²) >= 11 is 1.06. The van der Waals surface area contributed by atoms with E-state index in [0.29, 0.717) is 12.1 Å². The van der Waals surface area contributed by atoms with Crippen LogP contribution in [0.1, 0.15) is 25.0 Å². The van der Waals surface area contributed by atoms with Gasteiger partial charge in [0.25, 0.3) is 5.56 Å². The van der Waals surface area contributed by atoms with Crippen LogP contribution in [0.25, 0.3) is 0 Å². The molecular weight excluding hydrogens is 160 g/mol. The van der Waals surface area contributed by atoms with Gasteiger partial charge in [0.15, 0.2) is 0 Å². The van der Waals surface area contributed by atoms with E-state index in [1.807, 2.05) is 6.92 Å². The molecule has 0 spiro atoms. The largest absolute Gasteiger partial charge is 0.281 e. The monoisotopic (exact) mass is 168 g/mol. The van der Waals surface area contributed by atoms with Crippen molar-refractivity contribution in [2.24, 2.45) is 0 Å². The summed E-state index contributed by atoms with van der Waals surface area (Å²) in [5, 5.41) is 0. The van der Waals surface area contributed by atoms with Crippen molar-refractivity contribution in [1.29, 1.82) is 0 Å². The van der Waals surface area contributed by atoms with Crippen molar-refractivity contribution in [3.05, 3.63) is 16.0 Å². The van der Waals surface area contributed by atoms with Crippen LogP contribution in [-0.4, -0.2) is 8.75 Å². The normalized spacial score (nSPS) is 12.4. The van der Waals surface area contributed by atoms with Gasteiger partial charge in [0.1, 0.15) is 5.69 Å². The Balaban J connectivity index is 2.86. The van der Waals surface area contributed by atoms with Gasteiger partial charge in [-0.1, -0.05) is 6.92 Å². The van der Waals surface area contributed by atoms with Gasteiger partial charge >= 0.3 is 0 Å². The lowest BCUT2D eigenvalue weighted by atomic mass is 10.1. The maximum absolute atomic E-state index is 11.0. The van der Waals surface area contributed by atoms with Gasteiger partial charge in [-0.25, -0.2) is 0 Å². The van der Waals surface area contributed by atoms with Gasteiger partial charge in [-0.15, -0.1) is 12.3 Å². The molecule has 1 rings (SSSR count). The number of aromatic nitrogens is 2. The van der Waals surface area contributed by atoms with Gasteiger partial charge in [-0.05, 0) is 0 Å². The molecule has 0 aliphatic heterocycles. The van der Waals surface area contributed by atoms with Crippen molar-refractivity contribution < 1.29 is 0 Å². The third-order valence-corrected chi connectivity index (χ3v) is 1.97. The van der Waals surface area contributed by atoms with Gasteiger partial charge in [0.05, 0.1) is 0 Å². The van der Waals surface area contributed by atoms with E-state index in [-0.39, 0.29) is 11.5 Å². The van der Waals surface area contributed by atoms with E-state index in [4.69, 9.17) is 6.42 Å². The number of nitrogens with zero attached hydrogens (tertiary/aromatic N) is 1. The van der Waals surface area contributed by atoms with Crippen LogP contribution in [0.3, 0.4) is 0 Å². The van der Waals surface area contributed by atoms with Gasteiger partial charge in [-0.3, -0.25) is 9.17 Å². The molecule has 0 aromatic carbocycles. The van der Waals surface area contributed by atoms with Gasteiger partial charge in [-0.2, -0.15) is 4.37 Å². The first-order valence-corrected chi connectivity index (χ1v) is 4.00. The summed E-state index contributed by atoms with van der Waals surface area (Å²) in [5.41, 5.74) is 0.436. The maximum atomic E-state index is 11.0. The van der Waals surface area contributed by atoms with Crippen molar-refractivity contribution >= 4 is 11.7 Å². The lowest BCUT2D eigenvalue weighted by Gasteiger charge is -1.98. The number of hydrogen-bond acceptors (Lipinski definition) is 3. The fourth-order valence-corrected chi connectivity index (χ4v) is 1.39. The minimum absolute atomic E-state index is 0.0648. The molecule has 4 heteroatoms. The molecule has 1 unspecified atom stereocenters. The Kier molecular flexibility index (Phi) is 2.44. The fourth-order valence-electron chi connectivity index (χ4n) is 0.794. The van der Waals surface area contributed by atoms with Gasteiger partial charge < -0.3 is 0 Å². The van der Waals surface area contributed by atoms with Gasteiger partial charge in [0.2, 0.25) is 0 Å². The molecule has 0 aliphatic carbocycles. The summed E-state index contributed by atoms with van der Waals surface area (Å²) in [4.78, 5) is 11.0. The Labute approximate surface area is 68.8 Å². The second-order valence-corrected chi connectivity index (χ2v) is 2.88. The zero-order chi connectivity index (χ0) is 8.27. The summed E-state index contributed by atoms with van der Waals surface area (Å²) in [6, 6.07) is 0. The molecule has 11 heavy (non-hydrogen) atoms. The Bertz CT molecular complexity index is 320. The Morgan fingerprint density at radius 2 is 2.64 bits per heavy atom. The fraction of sp³-hybridized carbons (Fsp3) is 0.429. The van der Waals surface area contributed by atoms with Crippen LogP contribution in [-0.2, 0) is 0 Å². The summed E-state index contributed by atoms with van der Waals surface area (Å²) < 4.78 is 6.43. The average molecular weight is 168 g/mol. The summed E-state index contributed by atoms with van der Waals surface area (Å²) in [5.74, 6) is 2.56. The number of terminal acetylenes is 1. The number of hydrogen-bond donors (Lipinski definition) is 1. The van der Waals surface area contributed by atoms with Crippen LogP contribution in [0, 0.1) is 12.3 Å². The first-order valence-electron chi connectivity index (χ1n) is 3.23. The summed E-state index contributed by atoms with van der Waals surface area (Å²) in [6.45, 7) is 1.89. The predicted molar refractivity (Wildman–Crippen MR) is 44.6 cm³/mol. The van der Waals surface area contributed by atoms with E-state index in [1.54, 1.807) is 0 Å². The molecule has 1 aromatic heterocycles. The lowest BCUT2D eigenvalue weighted by molar-refractivity contribution is 0.765. The molecule has 0 bridgehead atoms. The highest BCUT2D eigenvalue weighted by molar-refractivity contribution is 6.99. The number of aromatic amines is 1. The lowest BCUT2D eigenvalue weighted by Crippen LogP contribution is -2.09. The zero-order valence-electron chi connectivity index (χ0n) is 6.13. The minimum atomic E-state index is -0.113. The molecule has 3 nitrogen and oxygen atoms in total. The van der Waals surface area contributed by atoms with E-state index < -0.39 is 0 Å². The van der Waals surface area contributed by atoms with Crippen LogP contribution in [0.5, 0.6) is 0 Å². The van der Waals surface area contributed by atoms with Crippen molar-refractivity contribution in [3.8, 4) is 12.3 Å². The van der Waals surface area contributed by atoms with E-state index >= 15 is 0 Å². The Morgan fingerprint density at radius 1 is 1.91 bits per heavy atom. The Morgan fingerprint density at radius 3 is 3.09 bits per heavy atom. The second-order valence-electron chi connectivity index (χ2n) is 2.31. The third kappa shape index (κ3) is 1.69. The molecule has 0 fully saturated rings. The van der Waals surface area contributed by atoms with Crippen LogP contribution < -0.4 is 5.56 Å². The molecule has 1 heterocycles. The summed E-state index contributed by atoms with van der Waals surface area (Å²) in [6.07, 6.45) is 5.66. The average Bonchev–Trinajstić information content (AvgIpc) is 2.36. The molecule has 1 N–H and O–H groups in total. The number of nitrogens with one attached hydrogen (secondary N) is 1. The van der Waals surface area contributed by atoms with E-state index in [0.717, 1.165) is 11.7 Å². The van der Waals surface area contributed by atoms with Crippen LogP contribution >= 0.6 is 11.7 Å². The quantitative estimate of drug-likeness (QED) is 0.668. The van der Waals surface area contributed by atoms with Crippen molar-refractivity contribution in [3.63, 3.8) is 0 Å². The van der Waals surface area contributed by atoms with E-state index in [2.05, 4.69) is 14.7 Å². The summed E-state index contributed by atoms with van der Waals surface area (Å²) in [7, 11) is 0. The van der Waals surface area contributed by atoms with Crippen molar-refractivity contribution in [1.82, 2.24) is 8.75 Å². The standard InChI is InChI=1S/C7H8N2OS/c1-3-4-5(2)6-7(10)9-11-8-6/h1,5H,4H2,2H3,(H,9,10). The molecule has 0 saturated heterocycles. The smallest absolute Gasteiger partial charge is 0.267 e. The highest BCUT2D eigenvalue weighted by Crippen LogP contribution is 2.11. The van der Waals surface area contributed by atoms with E-state index in [1.165, 1.54) is 0 Å². The second kappa shape index (κ2) is 3.35. The zero-order valence-corrected chi connectivity index (χ0v) is 6.94. The highest BCUT2D eigenvalue weighted by atomic mass is 32.1. The van der Waals surface area contributed by atoms with Crippen LogP contribution in [0.4, 0.5) is 0 Å². The topological polar surface area (TPSA) is 45.8 Å². The third-order valence-electron chi connectivity index (χ3n) is 1.41. The molecular formula is C7H8N2OS. The maximum Gasteiger partial charge on any atom is 0.281 e. The molecule has 0 radical (unpaired) electrons. The molecule has 0 saturated carbocycles. The molecule has 58 valence electrons.